The van der Waals surface area contributed by atoms with Crippen LogP contribution in [0.25, 0.3) is 0 Å². The Balaban J connectivity index is 1.33. The Labute approximate surface area is 179 Å². The highest BCUT2D eigenvalue weighted by molar-refractivity contribution is 5.24. The zero-order valence-electron chi connectivity index (χ0n) is 19.8. The topological polar surface area (TPSA) is 32.8 Å². The van der Waals surface area contributed by atoms with Crippen LogP contribution in [0.2, 0.25) is 0 Å². The maximum Gasteiger partial charge on any atom is 0.103 e. The van der Waals surface area contributed by atoms with Crippen molar-refractivity contribution in [2.45, 2.75) is 123 Å². The van der Waals surface area contributed by atoms with Crippen LogP contribution in [-0.2, 0) is 4.74 Å². The molecule has 1 heterocycles. The second-order valence-corrected chi connectivity index (χ2v) is 13.0. The molecule has 29 heavy (non-hydrogen) atoms. The van der Waals surface area contributed by atoms with Crippen LogP contribution < -0.4 is 0 Å². The van der Waals surface area contributed by atoms with Crippen molar-refractivity contribution >= 4 is 0 Å². The summed E-state index contributed by atoms with van der Waals surface area (Å²) in [5.41, 5.74) is 0.932. The van der Waals surface area contributed by atoms with Crippen LogP contribution in [0.4, 0.5) is 0 Å². The van der Waals surface area contributed by atoms with Crippen LogP contribution >= 0.6 is 0 Å². The number of fused-ring (bicyclic) bond motifs is 4. The molecule has 2 nitrogen and oxygen atoms in total. The molecule has 5 aliphatic rings. The number of aliphatic hydroxyl groups excluding tert-OH is 1. The third-order valence-corrected chi connectivity index (χ3v) is 11.3. The number of ether oxygens (including phenoxy) is 1. The minimum atomic E-state index is -0.124. The molecule has 1 aliphatic heterocycles. The molecule has 10 atom stereocenters. The lowest BCUT2D eigenvalue weighted by atomic mass is 9.44. The third kappa shape index (κ3) is 2.94. The van der Waals surface area contributed by atoms with Crippen LogP contribution in [-0.4, -0.2) is 22.9 Å². The van der Waals surface area contributed by atoms with Gasteiger partial charge in [-0.15, -0.1) is 0 Å². The summed E-state index contributed by atoms with van der Waals surface area (Å²) in [7, 11) is 0. The average molecular weight is 403 g/mol. The van der Waals surface area contributed by atoms with Crippen LogP contribution in [0.3, 0.4) is 0 Å². The first-order chi connectivity index (χ1) is 13.7. The fourth-order valence-corrected chi connectivity index (χ4v) is 9.68. The molecule has 2 heteroatoms. The van der Waals surface area contributed by atoms with E-state index in [2.05, 4.69) is 34.6 Å². The fraction of sp³-hybridized carbons (Fsp3) is 1.00. The van der Waals surface area contributed by atoms with Crippen molar-refractivity contribution in [3.63, 3.8) is 0 Å². The van der Waals surface area contributed by atoms with E-state index < -0.39 is 0 Å². The summed E-state index contributed by atoms with van der Waals surface area (Å²) in [5.74, 6) is 5.31. The van der Waals surface area contributed by atoms with Crippen LogP contribution in [0.5, 0.6) is 0 Å². The van der Waals surface area contributed by atoms with E-state index in [0.29, 0.717) is 16.9 Å². The van der Waals surface area contributed by atoms with Crippen LogP contribution in [0.1, 0.15) is 105 Å². The van der Waals surface area contributed by atoms with Crippen LogP contribution in [0.15, 0.2) is 0 Å². The zero-order valence-corrected chi connectivity index (χ0v) is 19.8. The van der Waals surface area contributed by atoms with Gasteiger partial charge in [-0.2, -0.15) is 0 Å². The highest BCUT2D eigenvalue weighted by atomic mass is 16.6. The van der Waals surface area contributed by atoms with E-state index in [9.17, 15) is 5.11 Å². The number of hydrogen-bond donors (Lipinski definition) is 1. The Morgan fingerprint density at radius 3 is 2.52 bits per heavy atom. The van der Waals surface area contributed by atoms with Crippen molar-refractivity contribution in [3.8, 4) is 0 Å². The molecule has 0 aromatic carbocycles. The predicted molar refractivity (Wildman–Crippen MR) is 119 cm³/mol. The molecule has 4 aliphatic carbocycles. The van der Waals surface area contributed by atoms with E-state index in [1.54, 1.807) is 0 Å². The van der Waals surface area contributed by atoms with E-state index in [4.69, 9.17) is 4.74 Å². The molecule has 0 aromatic heterocycles. The quantitative estimate of drug-likeness (QED) is 0.525. The van der Waals surface area contributed by atoms with Gasteiger partial charge in [-0.3, -0.25) is 0 Å². The number of hydrogen-bond acceptors (Lipinski definition) is 2. The van der Waals surface area contributed by atoms with Gasteiger partial charge >= 0.3 is 0 Å². The summed E-state index contributed by atoms with van der Waals surface area (Å²) in [5, 5.41) is 10.4. The van der Waals surface area contributed by atoms with Crippen molar-refractivity contribution in [1.82, 2.24) is 0 Å². The van der Waals surface area contributed by atoms with Crippen molar-refractivity contribution in [3.05, 3.63) is 0 Å². The SMILES string of the molecule is CC(C)CCC[C@H](C)C1CC[C@H]2C3CC4O[C@]45C[C@@H](O)CC[C@]5(C)C3CC[C@]12C. The molecule has 1 spiro atoms. The van der Waals surface area contributed by atoms with Gasteiger partial charge in [-0.1, -0.05) is 53.9 Å². The van der Waals surface area contributed by atoms with E-state index in [-0.39, 0.29) is 11.7 Å². The first-order valence-electron chi connectivity index (χ1n) is 13.1. The molecule has 0 aromatic rings. The maximum atomic E-state index is 10.4. The summed E-state index contributed by atoms with van der Waals surface area (Å²) < 4.78 is 6.51. The largest absolute Gasteiger partial charge is 0.393 e. The molecule has 5 fully saturated rings. The summed E-state index contributed by atoms with van der Waals surface area (Å²) >= 11 is 0. The van der Waals surface area contributed by atoms with Gasteiger partial charge in [-0.25, -0.2) is 0 Å². The maximum absolute atomic E-state index is 10.4. The smallest absolute Gasteiger partial charge is 0.103 e. The second kappa shape index (κ2) is 6.96. The van der Waals surface area contributed by atoms with Gasteiger partial charge in [0.1, 0.15) is 5.60 Å². The van der Waals surface area contributed by atoms with Gasteiger partial charge in [0.2, 0.25) is 0 Å². The van der Waals surface area contributed by atoms with Gasteiger partial charge in [0.25, 0.3) is 0 Å². The molecule has 1 saturated heterocycles. The first kappa shape index (κ1) is 20.8. The standard InChI is InChI=1S/C27H46O2/c1-17(2)7-6-8-18(3)21-9-10-22-20-15-24-27(29-24)16-19(28)11-14-26(27,5)23(20)12-13-25(21,22)4/h17-24,28H,6-16H2,1-5H3/t18-,19-,20?,21?,22-,23?,24?,25+,26+,27+/m0/s1. The summed E-state index contributed by atoms with van der Waals surface area (Å²) in [4.78, 5) is 0. The Kier molecular flexibility index (Phi) is 4.99. The minimum absolute atomic E-state index is 0.0434. The molecule has 4 unspecified atom stereocenters. The summed E-state index contributed by atoms with van der Waals surface area (Å²) in [6.07, 6.45) is 14.8. The van der Waals surface area contributed by atoms with E-state index in [0.717, 1.165) is 48.3 Å². The third-order valence-electron chi connectivity index (χ3n) is 11.3. The molecule has 0 bridgehead atoms. The molecule has 166 valence electrons. The van der Waals surface area contributed by atoms with Gasteiger partial charge in [0.05, 0.1) is 12.2 Å². The molecule has 1 N–H and O–H groups in total. The van der Waals surface area contributed by atoms with Crippen molar-refractivity contribution < 1.29 is 9.84 Å². The molecule has 5 rings (SSSR count). The van der Waals surface area contributed by atoms with E-state index >= 15 is 0 Å². The Morgan fingerprint density at radius 1 is 0.966 bits per heavy atom. The normalized spacial score (nSPS) is 54.3. The lowest BCUT2D eigenvalue weighted by molar-refractivity contribution is -0.116. The molecular weight excluding hydrogens is 356 g/mol. The number of rotatable bonds is 5. The molecule has 4 saturated carbocycles. The van der Waals surface area contributed by atoms with Gasteiger partial charge < -0.3 is 9.84 Å². The highest BCUT2D eigenvalue weighted by Crippen LogP contribution is 2.74. The van der Waals surface area contributed by atoms with Crippen molar-refractivity contribution in [2.75, 3.05) is 0 Å². The first-order valence-corrected chi connectivity index (χ1v) is 13.1. The Morgan fingerprint density at radius 2 is 1.76 bits per heavy atom. The second-order valence-electron chi connectivity index (χ2n) is 13.0. The number of epoxide rings is 1. The molecule has 0 radical (unpaired) electrons. The van der Waals surface area contributed by atoms with E-state index in [1.165, 1.54) is 57.8 Å². The van der Waals surface area contributed by atoms with Crippen molar-refractivity contribution in [2.24, 2.45) is 46.3 Å². The number of aliphatic hydroxyl groups is 1. The lowest BCUT2D eigenvalue weighted by Gasteiger charge is -2.59. The highest BCUT2D eigenvalue weighted by Gasteiger charge is 2.76. The Bertz CT molecular complexity index is 630. The van der Waals surface area contributed by atoms with Gasteiger partial charge in [-0.05, 0) is 85.9 Å². The van der Waals surface area contributed by atoms with E-state index in [1.807, 2.05) is 0 Å². The summed E-state index contributed by atoms with van der Waals surface area (Å²) in [6, 6.07) is 0. The summed E-state index contributed by atoms with van der Waals surface area (Å²) in [6.45, 7) is 12.6. The average Bonchev–Trinajstić information content (AvgIpc) is 3.22. The van der Waals surface area contributed by atoms with Crippen molar-refractivity contribution in [1.29, 1.82) is 0 Å². The van der Waals surface area contributed by atoms with Gasteiger partial charge in [0, 0.05) is 11.8 Å². The predicted octanol–water partition coefficient (Wildman–Crippen LogP) is 6.60. The van der Waals surface area contributed by atoms with Crippen LogP contribution in [0, 0.1) is 46.3 Å². The Hall–Kier alpha value is -0.0800. The lowest BCUT2D eigenvalue weighted by Crippen LogP contribution is -2.58. The molecular formula is C27H46O2. The zero-order chi connectivity index (χ0) is 20.6. The monoisotopic (exact) mass is 402 g/mol. The fourth-order valence-electron chi connectivity index (χ4n) is 9.68. The molecule has 0 amide bonds. The minimum Gasteiger partial charge on any atom is -0.393 e. The van der Waals surface area contributed by atoms with Gasteiger partial charge in [0.15, 0.2) is 0 Å².